The van der Waals surface area contributed by atoms with Crippen molar-refractivity contribution in [2.75, 3.05) is 0 Å². The van der Waals surface area contributed by atoms with E-state index in [1.54, 1.807) is 36.4 Å². The zero-order chi connectivity index (χ0) is 18.4. The van der Waals surface area contributed by atoms with Crippen molar-refractivity contribution in [1.82, 2.24) is 20.8 Å². The van der Waals surface area contributed by atoms with Crippen LogP contribution in [0.15, 0.2) is 48.5 Å². The normalized spacial score (nSPS) is 19.7. The molecule has 1 aromatic heterocycles. The largest absolute Gasteiger partial charge is 0.269 e. The molecule has 1 heterocycles. The van der Waals surface area contributed by atoms with Crippen LogP contribution >= 0.6 is 0 Å². The Kier molecular flexibility index (Phi) is 3.63. The molecule has 2 bridgehead atoms. The van der Waals surface area contributed by atoms with E-state index in [1.807, 2.05) is 12.1 Å². The van der Waals surface area contributed by atoms with Crippen LogP contribution < -0.4 is 10.9 Å². The molecule has 134 valence electrons. The predicted octanol–water partition coefficient (Wildman–Crippen LogP) is 3.07. The van der Waals surface area contributed by atoms with Crippen LogP contribution in [0.5, 0.6) is 0 Å². The molecule has 6 heteroatoms. The molecule has 27 heavy (non-hydrogen) atoms. The molecule has 2 aliphatic carbocycles. The highest BCUT2D eigenvalue weighted by molar-refractivity contribution is 6.00. The van der Waals surface area contributed by atoms with Gasteiger partial charge in [-0.15, -0.1) is 0 Å². The van der Waals surface area contributed by atoms with Crippen LogP contribution in [0, 0.1) is 0 Å². The number of nitrogens with zero attached hydrogens (tertiary/aromatic N) is 2. The maximum Gasteiger partial charge on any atom is 0.269 e. The van der Waals surface area contributed by atoms with E-state index in [0.717, 1.165) is 28.8 Å². The number of nitrogens with one attached hydrogen (secondary N) is 2. The number of hydrogen-bond donors (Lipinski definition) is 2. The van der Waals surface area contributed by atoms with E-state index in [2.05, 4.69) is 10.9 Å². The lowest BCUT2D eigenvalue weighted by Gasteiger charge is -2.14. The summed E-state index contributed by atoms with van der Waals surface area (Å²) in [5, 5.41) is 0. The van der Waals surface area contributed by atoms with E-state index >= 15 is 0 Å². The van der Waals surface area contributed by atoms with Gasteiger partial charge in [-0.05, 0) is 49.6 Å². The van der Waals surface area contributed by atoms with Crippen LogP contribution in [0.1, 0.15) is 63.2 Å². The molecular weight excluding hydrogens is 340 g/mol. The molecule has 2 amide bonds. The standard InChI is InChI=1S/C21H18N4O2/c26-20(12-4-2-1-3-5-12)24-25-21(27)15-8-9-16-17(11-15)23-19-14-7-6-13(10-14)18(19)22-16/h1-5,8-9,11,13-14H,6-7,10H2,(H,24,26)(H,25,27). The minimum Gasteiger partial charge on any atom is -0.267 e. The molecule has 1 fully saturated rings. The summed E-state index contributed by atoms with van der Waals surface area (Å²) in [6.07, 6.45) is 3.55. The second-order valence-electron chi connectivity index (χ2n) is 7.18. The summed E-state index contributed by atoms with van der Waals surface area (Å²) in [7, 11) is 0. The van der Waals surface area contributed by atoms with E-state index in [9.17, 15) is 9.59 Å². The number of carbonyl (C=O) groups excluding carboxylic acids is 2. The predicted molar refractivity (Wildman–Crippen MR) is 100 cm³/mol. The van der Waals surface area contributed by atoms with Crippen LogP contribution in [0.3, 0.4) is 0 Å². The fourth-order valence-electron chi connectivity index (χ4n) is 4.15. The van der Waals surface area contributed by atoms with Crippen molar-refractivity contribution < 1.29 is 9.59 Å². The van der Waals surface area contributed by atoms with Gasteiger partial charge in [0.1, 0.15) is 0 Å². The van der Waals surface area contributed by atoms with E-state index < -0.39 is 0 Å². The van der Waals surface area contributed by atoms with Crippen molar-refractivity contribution in [3.63, 3.8) is 0 Å². The Morgan fingerprint density at radius 2 is 1.41 bits per heavy atom. The van der Waals surface area contributed by atoms with Gasteiger partial charge in [-0.2, -0.15) is 0 Å². The third-order valence-electron chi connectivity index (χ3n) is 5.51. The minimum atomic E-state index is -0.384. The number of carbonyl (C=O) groups is 2. The monoisotopic (exact) mass is 358 g/mol. The highest BCUT2D eigenvalue weighted by Crippen LogP contribution is 2.51. The van der Waals surface area contributed by atoms with Crippen LogP contribution in [0.25, 0.3) is 11.0 Å². The highest BCUT2D eigenvalue weighted by atomic mass is 16.2. The zero-order valence-electron chi connectivity index (χ0n) is 14.6. The molecule has 3 aromatic rings. The van der Waals surface area contributed by atoms with Crippen molar-refractivity contribution in [3.8, 4) is 0 Å². The zero-order valence-corrected chi connectivity index (χ0v) is 14.6. The molecule has 2 atom stereocenters. The Hall–Kier alpha value is -3.28. The van der Waals surface area contributed by atoms with Gasteiger partial charge in [0.15, 0.2) is 0 Å². The summed E-state index contributed by atoms with van der Waals surface area (Å²) in [6, 6.07) is 14.0. The number of amides is 2. The van der Waals surface area contributed by atoms with Crippen LogP contribution in [0.4, 0.5) is 0 Å². The number of hydrogen-bond acceptors (Lipinski definition) is 4. The SMILES string of the molecule is O=C(NNC(=O)c1ccc2nc3c(nc2c1)C1CCC3C1)c1ccccc1. The average Bonchev–Trinajstić information content (AvgIpc) is 3.33. The van der Waals surface area contributed by atoms with Gasteiger partial charge in [0.2, 0.25) is 0 Å². The van der Waals surface area contributed by atoms with E-state index in [1.165, 1.54) is 12.8 Å². The summed E-state index contributed by atoms with van der Waals surface area (Å²) >= 11 is 0. The van der Waals surface area contributed by atoms with Crippen LogP contribution in [-0.4, -0.2) is 21.8 Å². The fourth-order valence-corrected chi connectivity index (χ4v) is 4.15. The quantitative estimate of drug-likeness (QED) is 0.690. The number of benzene rings is 2. The smallest absolute Gasteiger partial charge is 0.267 e. The van der Waals surface area contributed by atoms with Gasteiger partial charge < -0.3 is 0 Å². The first-order valence-corrected chi connectivity index (χ1v) is 9.16. The van der Waals surface area contributed by atoms with Gasteiger partial charge in [0, 0.05) is 23.0 Å². The first-order valence-electron chi connectivity index (χ1n) is 9.16. The van der Waals surface area contributed by atoms with Gasteiger partial charge in [-0.1, -0.05) is 18.2 Å². The van der Waals surface area contributed by atoms with Crippen molar-refractivity contribution >= 4 is 22.8 Å². The second-order valence-corrected chi connectivity index (χ2v) is 7.18. The van der Waals surface area contributed by atoms with Gasteiger partial charge in [0.25, 0.3) is 11.8 Å². The van der Waals surface area contributed by atoms with Crippen LogP contribution in [0.2, 0.25) is 0 Å². The molecule has 0 radical (unpaired) electrons. The first-order chi connectivity index (χ1) is 13.2. The first kappa shape index (κ1) is 15.9. The molecule has 6 nitrogen and oxygen atoms in total. The number of aromatic nitrogens is 2. The lowest BCUT2D eigenvalue weighted by atomic mass is 10.00. The molecular formula is C21H18N4O2. The number of fused-ring (bicyclic) bond motifs is 6. The summed E-state index contributed by atoms with van der Waals surface area (Å²) < 4.78 is 0. The van der Waals surface area contributed by atoms with Crippen molar-refractivity contribution in [2.24, 2.45) is 0 Å². The maximum absolute atomic E-state index is 12.4. The third kappa shape index (κ3) is 2.73. The molecule has 1 saturated carbocycles. The highest BCUT2D eigenvalue weighted by Gasteiger charge is 2.39. The van der Waals surface area contributed by atoms with Crippen molar-refractivity contribution in [3.05, 3.63) is 71.0 Å². The summed E-state index contributed by atoms with van der Waals surface area (Å²) in [5.41, 5.74) is 9.59. The van der Waals surface area contributed by atoms with Gasteiger partial charge in [-0.25, -0.2) is 9.97 Å². The second kappa shape index (κ2) is 6.16. The van der Waals surface area contributed by atoms with E-state index in [4.69, 9.17) is 9.97 Å². The van der Waals surface area contributed by atoms with Crippen LogP contribution in [-0.2, 0) is 0 Å². The van der Waals surface area contributed by atoms with Crippen molar-refractivity contribution in [2.45, 2.75) is 31.1 Å². The number of rotatable bonds is 2. The Labute approximate surface area is 156 Å². The average molecular weight is 358 g/mol. The Bertz CT molecular complexity index is 1060. The topological polar surface area (TPSA) is 84.0 Å². The van der Waals surface area contributed by atoms with Gasteiger partial charge in [-0.3, -0.25) is 20.4 Å². The molecule has 5 rings (SSSR count). The number of hydrazine groups is 1. The lowest BCUT2D eigenvalue weighted by molar-refractivity contribution is 0.0847. The fraction of sp³-hybridized carbons (Fsp3) is 0.238. The van der Waals surface area contributed by atoms with E-state index in [0.29, 0.717) is 23.0 Å². The molecule has 0 saturated heterocycles. The molecule has 2 aliphatic rings. The summed E-state index contributed by atoms with van der Waals surface area (Å²) in [6.45, 7) is 0. The maximum atomic E-state index is 12.4. The molecule has 2 unspecified atom stereocenters. The molecule has 0 aliphatic heterocycles. The Balaban J connectivity index is 1.35. The Morgan fingerprint density at radius 1 is 0.778 bits per heavy atom. The van der Waals surface area contributed by atoms with Gasteiger partial charge >= 0.3 is 0 Å². The van der Waals surface area contributed by atoms with Crippen molar-refractivity contribution in [1.29, 1.82) is 0 Å². The molecule has 0 spiro atoms. The van der Waals surface area contributed by atoms with Gasteiger partial charge in [0.05, 0.1) is 22.4 Å². The molecule has 2 N–H and O–H groups in total. The summed E-state index contributed by atoms with van der Waals surface area (Å²) in [4.78, 5) is 34.0. The lowest BCUT2D eigenvalue weighted by Crippen LogP contribution is -2.41. The summed E-state index contributed by atoms with van der Waals surface area (Å²) in [5.74, 6) is 0.325. The third-order valence-corrected chi connectivity index (χ3v) is 5.51. The minimum absolute atomic E-state index is 0.363. The molecule has 2 aromatic carbocycles. The van der Waals surface area contributed by atoms with E-state index in [-0.39, 0.29) is 11.8 Å². The Morgan fingerprint density at radius 3 is 2.11 bits per heavy atom.